The summed E-state index contributed by atoms with van der Waals surface area (Å²) in [5, 5.41) is 18.8. The number of carbonyl (C=O) groups is 2. The summed E-state index contributed by atoms with van der Waals surface area (Å²) in [4.78, 5) is 24.1. The Labute approximate surface area is 273 Å². The van der Waals surface area contributed by atoms with E-state index in [0.29, 0.717) is 32.7 Å². The standard InChI is InChI=1S/C30H35NO5.C6H5Cl.C2H6/c32-29(33)8-4-5-19-31(22-26-15-17-28(18-16-26)30(34)35)20-21-36-23-27-13-11-25(12-14-27)10-9-24-6-2-1-3-7-24;7-6-4-2-1-3-5-6;1-2/h1-3,6-7,11-18H,4-5,8-10,19-23H2,(H,32,33)(H,34,35);1-5H;1-2H3. The van der Waals surface area contributed by atoms with Crippen LogP contribution in [0, 0.1) is 0 Å². The summed E-state index contributed by atoms with van der Waals surface area (Å²) in [7, 11) is 0. The highest BCUT2D eigenvalue weighted by atomic mass is 35.5. The number of aliphatic carboxylic acids is 1. The van der Waals surface area contributed by atoms with Crippen LogP contribution in [0.4, 0.5) is 0 Å². The quantitative estimate of drug-likeness (QED) is 0.120. The molecule has 0 bridgehead atoms. The van der Waals surface area contributed by atoms with Gasteiger partial charge in [0.05, 0.1) is 18.8 Å². The monoisotopic (exact) mass is 631 g/mol. The zero-order valence-corrected chi connectivity index (χ0v) is 27.2. The average Bonchev–Trinajstić information content (AvgIpc) is 3.06. The molecule has 6 nitrogen and oxygen atoms in total. The Kier molecular flexibility index (Phi) is 18.6. The Bertz CT molecular complexity index is 1350. The van der Waals surface area contributed by atoms with Crippen LogP contribution in [0.1, 0.15) is 65.7 Å². The van der Waals surface area contributed by atoms with Crippen molar-refractivity contribution in [2.45, 2.75) is 59.1 Å². The van der Waals surface area contributed by atoms with E-state index in [2.05, 4.69) is 53.4 Å². The van der Waals surface area contributed by atoms with Crippen LogP contribution in [0.3, 0.4) is 0 Å². The van der Waals surface area contributed by atoms with E-state index in [-0.39, 0.29) is 12.0 Å². The lowest BCUT2D eigenvalue weighted by molar-refractivity contribution is -0.137. The number of ether oxygens (including phenoxy) is 1. The lowest BCUT2D eigenvalue weighted by atomic mass is 10.0. The molecule has 0 aliphatic carbocycles. The van der Waals surface area contributed by atoms with Crippen LogP contribution in [0.5, 0.6) is 0 Å². The van der Waals surface area contributed by atoms with E-state index in [9.17, 15) is 9.59 Å². The third-order valence-electron chi connectivity index (χ3n) is 6.84. The second-order valence-corrected chi connectivity index (χ2v) is 10.7. The van der Waals surface area contributed by atoms with Gasteiger partial charge in [-0.3, -0.25) is 9.69 Å². The van der Waals surface area contributed by atoms with Gasteiger partial charge < -0.3 is 14.9 Å². The minimum Gasteiger partial charge on any atom is -0.481 e. The Morgan fingerprint density at radius 1 is 0.667 bits per heavy atom. The number of hydrogen-bond acceptors (Lipinski definition) is 4. The Morgan fingerprint density at radius 2 is 1.20 bits per heavy atom. The average molecular weight is 632 g/mol. The summed E-state index contributed by atoms with van der Waals surface area (Å²) in [6.45, 7) is 7.23. The number of aryl methyl sites for hydroxylation is 2. The normalized spacial score (nSPS) is 10.3. The number of benzene rings is 4. The Balaban J connectivity index is 0.000000679. The molecule has 0 aliphatic rings. The third-order valence-corrected chi connectivity index (χ3v) is 7.10. The minimum atomic E-state index is -0.940. The molecule has 0 aliphatic heterocycles. The summed E-state index contributed by atoms with van der Waals surface area (Å²) in [5.41, 5.74) is 5.07. The van der Waals surface area contributed by atoms with Crippen molar-refractivity contribution >= 4 is 23.5 Å². The van der Waals surface area contributed by atoms with Crippen molar-refractivity contribution in [3.8, 4) is 0 Å². The van der Waals surface area contributed by atoms with Gasteiger partial charge in [-0.25, -0.2) is 4.79 Å². The molecule has 4 aromatic rings. The maximum absolute atomic E-state index is 11.1. The zero-order valence-electron chi connectivity index (χ0n) is 26.4. The molecule has 0 heterocycles. The number of rotatable bonds is 16. The predicted molar refractivity (Wildman–Crippen MR) is 183 cm³/mol. The summed E-state index contributed by atoms with van der Waals surface area (Å²) in [5.74, 6) is -1.72. The van der Waals surface area contributed by atoms with Crippen LogP contribution < -0.4 is 0 Å². The molecule has 240 valence electrons. The molecule has 0 saturated carbocycles. The van der Waals surface area contributed by atoms with Crippen LogP contribution in [0.25, 0.3) is 0 Å². The third kappa shape index (κ3) is 16.6. The number of carboxylic acid groups (broad SMARTS) is 2. The number of nitrogens with zero attached hydrogens (tertiary/aromatic N) is 1. The molecular weight excluding hydrogens is 586 g/mol. The second kappa shape index (κ2) is 22.5. The van der Waals surface area contributed by atoms with Crippen LogP contribution >= 0.6 is 11.6 Å². The summed E-state index contributed by atoms with van der Waals surface area (Å²) >= 11 is 5.54. The molecule has 0 aromatic heterocycles. The molecule has 0 atom stereocenters. The van der Waals surface area contributed by atoms with Crippen LogP contribution in [-0.4, -0.2) is 46.7 Å². The first-order chi connectivity index (χ1) is 21.9. The molecule has 4 rings (SSSR count). The van der Waals surface area contributed by atoms with Crippen LogP contribution in [0.2, 0.25) is 5.02 Å². The summed E-state index contributed by atoms with van der Waals surface area (Å²) in [6.07, 6.45) is 3.61. The summed E-state index contributed by atoms with van der Waals surface area (Å²) < 4.78 is 5.94. The van der Waals surface area contributed by atoms with Gasteiger partial charge in [-0.1, -0.05) is 110 Å². The van der Waals surface area contributed by atoms with Crippen molar-refractivity contribution in [2.75, 3.05) is 19.7 Å². The largest absolute Gasteiger partial charge is 0.481 e. The smallest absolute Gasteiger partial charge is 0.335 e. The predicted octanol–water partition coefficient (Wildman–Crippen LogP) is 8.81. The maximum atomic E-state index is 11.1. The van der Waals surface area contributed by atoms with E-state index < -0.39 is 11.9 Å². The van der Waals surface area contributed by atoms with E-state index >= 15 is 0 Å². The van der Waals surface area contributed by atoms with Crippen molar-refractivity contribution in [3.05, 3.63) is 142 Å². The molecule has 2 N–H and O–H groups in total. The lowest BCUT2D eigenvalue weighted by Crippen LogP contribution is -2.28. The molecular formula is C38H46ClNO5. The summed E-state index contributed by atoms with van der Waals surface area (Å²) in [6, 6.07) is 35.4. The molecule has 0 radical (unpaired) electrons. The number of hydrogen-bond donors (Lipinski definition) is 2. The molecule has 7 heteroatoms. The maximum Gasteiger partial charge on any atom is 0.335 e. The minimum absolute atomic E-state index is 0.166. The van der Waals surface area contributed by atoms with Gasteiger partial charge in [0.1, 0.15) is 0 Å². The SMILES string of the molecule is CC.Clc1ccccc1.O=C(O)CCCCN(CCOCc1ccc(CCc2ccccc2)cc1)Cc1ccc(C(=O)O)cc1. The van der Waals surface area contributed by atoms with Gasteiger partial charge in [-0.15, -0.1) is 0 Å². The fourth-order valence-electron chi connectivity index (χ4n) is 4.43. The second-order valence-electron chi connectivity index (χ2n) is 10.3. The fourth-order valence-corrected chi connectivity index (χ4v) is 4.57. The van der Waals surface area contributed by atoms with Gasteiger partial charge in [-0.2, -0.15) is 0 Å². The Hall–Kier alpha value is -3.97. The van der Waals surface area contributed by atoms with Gasteiger partial charge in [0.15, 0.2) is 0 Å². The first kappa shape index (κ1) is 37.2. The van der Waals surface area contributed by atoms with Gasteiger partial charge in [0, 0.05) is 24.5 Å². The first-order valence-corrected chi connectivity index (χ1v) is 15.9. The van der Waals surface area contributed by atoms with Crippen LogP contribution in [0.15, 0.2) is 109 Å². The van der Waals surface area contributed by atoms with E-state index in [4.69, 9.17) is 26.6 Å². The zero-order chi connectivity index (χ0) is 32.7. The van der Waals surface area contributed by atoms with Gasteiger partial charge in [-0.05, 0) is 78.7 Å². The van der Waals surface area contributed by atoms with Crippen molar-refractivity contribution in [3.63, 3.8) is 0 Å². The van der Waals surface area contributed by atoms with Crippen molar-refractivity contribution in [2.24, 2.45) is 0 Å². The van der Waals surface area contributed by atoms with Gasteiger partial charge >= 0.3 is 11.9 Å². The topological polar surface area (TPSA) is 87.1 Å². The molecule has 0 amide bonds. The number of halogens is 1. The molecule has 45 heavy (non-hydrogen) atoms. The highest BCUT2D eigenvalue weighted by Crippen LogP contribution is 2.12. The van der Waals surface area contributed by atoms with Crippen molar-refractivity contribution in [1.82, 2.24) is 4.90 Å². The highest BCUT2D eigenvalue weighted by molar-refractivity contribution is 6.30. The number of carboxylic acids is 2. The molecule has 4 aromatic carbocycles. The first-order valence-electron chi connectivity index (χ1n) is 15.6. The Morgan fingerprint density at radius 3 is 1.73 bits per heavy atom. The van der Waals surface area contributed by atoms with Crippen molar-refractivity contribution in [1.29, 1.82) is 0 Å². The number of unbranched alkanes of at least 4 members (excludes halogenated alkanes) is 1. The number of aromatic carboxylic acids is 1. The lowest BCUT2D eigenvalue weighted by Gasteiger charge is -2.22. The van der Waals surface area contributed by atoms with E-state index in [0.717, 1.165) is 42.0 Å². The van der Waals surface area contributed by atoms with Crippen LogP contribution in [-0.2, 0) is 35.5 Å². The molecule has 0 fully saturated rings. The highest BCUT2D eigenvalue weighted by Gasteiger charge is 2.09. The van der Waals surface area contributed by atoms with Crippen molar-refractivity contribution < 1.29 is 24.5 Å². The molecule has 0 spiro atoms. The van der Waals surface area contributed by atoms with E-state index in [1.165, 1.54) is 11.1 Å². The van der Waals surface area contributed by atoms with Gasteiger partial charge in [0.25, 0.3) is 0 Å². The van der Waals surface area contributed by atoms with Gasteiger partial charge in [0.2, 0.25) is 0 Å². The van der Waals surface area contributed by atoms with E-state index in [1.54, 1.807) is 12.1 Å². The molecule has 0 unspecified atom stereocenters. The molecule has 0 saturated heterocycles. The fraction of sp³-hybridized carbons (Fsp3) is 0.316. The van der Waals surface area contributed by atoms with E-state index in [1.807, 2.05) is 62.4 Å².